The summed E-state index contributed by atoms with van der Waals surface area (Å²) < 4.78 is 0.870. The van der Waals surface area contributed by atoms with E-state index in [-0.39, 0.29) is 0 Å². The second-order valence-corrected chi connectivity index (χ2v) is 5.54. The Morgan fingerprint density at radius 3 is 2.74 bits per heavy atom. The lowest BCUT2D eigenvalue weighted by Crippen LogP contribution is -2.04. The third-order valence-electron chi connectivity index (χ3n) is 2.59. The van der Waals surface area contributed by atoms with Crippen molar-refractivity contribution in [1.29, 1.82) is 0 Å². The molecule has 0 radical (unpaired) electrons. The van der Waals surface area contributed by atoms with Gasteiger partial charge < -0.3 is 5.32 Å². The van der Waals surface area contributed by atoms with Crippen molar-refractivity contribution in [2.45, 2.75) is 20.3 Å². The first kappa shape index (κ1) is 14.3. The summed E-state index contributed by atoms with van der Waals surface area (Å²) in [6.45, 7) is 4.98. The van der Waals surface area contributed by atoms with Gasteiger partial charge in [0.25, 0.3) is 0 Å². The first-order valence-electron chi connectivity index (χ1n) is 6.15. The molecule has 0 saturated heterocycles. The van der Waals surface area contributed by atoms with E-state index in [2.05, 4.69) is 38.1 Å². The van der Waals surface area contributed by atoms with Gasteiger partial charge in [-0.25, -0.2) is 9.97 Å². The number of benzene rings is 1. The number of halogens is 2. The van der Waals surface area contributed by atoms with E-state index in [1.165, 1.54) is 0 Å². The lowest BCUT2D eigenvalue weighted by Gasteiger charge is -2.08. The van der Waals surface area contributed by atoms with E-state index >= 15 is 0 Å². The molecular formula is C14H15BrClN3. The molecule has 0 aliphatic heterocycles. The minimum atomic E-state index is 0.658. The molecule has 2 rings (SSSR count). The highest BCUT2D eigenvalue weighted by Crippen LogP contribution is 2.27. The highest BCUT2D eigenvalue weighted by atomic mass is 79.9. The zero-order valence-corrected chi connectivity index (χ0v) is 13.2. The van der Waals surface area contributed by atoms with Crippen LogP contribution < -0.4 is 5.32 Å². The summed E-state index contributed by atoms with van der Waals surface area (Å²) in [4.78, 5) is 8.97. The highest BCUT2D eigenvalue weighted by molar-refractivity contribution is 9.10. The third-order valence-corrected chi connectivity index (χ3v) is 3.82. The second-order valence-electron chi connectivity index (χ2n) is 4.27. The van der Waals surface area contributed by atoms with Gasteiger partial charge in [-0.1, -0.05) is 18.5 Å². The molecule has 1 N–H and O–H groups in total. The molecule has 0 unspecified atom stereocenters. The fourth-order valence-corrected chi connectivity index (χ4v) is 2.10. The summed E-state index contributed by atoms with van der Waals surface area (Å²) in [7, 11) is 0. The molecule has 1 aromatic heterocycles. The second kappa shape index (κ2) is 6.35. The standard InChI is InChI=1S/C14H15BrClN3/c1-3-6-17-13-7-9(2)18-14(19-13)10-4-5-11(15)12(16)8-10/h4-5,7-8H,3,6H2,1-2H3,(H,17,18,19). The topological polar surface area (TPSA) is 37.8 Å². The van der Waals surface area contributed by atoms with Gasteiger partial charge in [-0.2, -0.15) is 0 Å². The smallest absolute Gasteiger partial charge is 0.161 e. The predicted octanol–water partition coefficient (Wildman–Crippen LogP) is 4.69. The Balaban J connectivity index is 2.37. The largest absolute Gasteiger partial charge is 0.370 e. The molecule has 1 heterocycles. The molecule has 5 heteroatoms. The minimum absolute atomic E-state index is 0.658. The predicted molar refractivity (Wildman–Crippen MR) is 83.7 cm³/mol. The van der Waals surface area contributed by atoms with Crippen molar-refractivity contribution in [1.82, 2.24) is 9.97 Å². The SMILES string of the molecule is CCCNc1cc(C)nc(-c2ccc(Br)c(Cl)c2)n1. The van der Waals surface area contributed by atoms with Gasteiger partial charge in [-0.15, -0.1) is 0 Å². The Labute approximate surface area is 126 Å². The molecule has 0 aliphatic carbocycles. The molecule has 0 saturated carbocycles. The summed E-state index contributed by atoms with van der Waals surface area (Å²) in [5, 5.41) is 3.94. The Kier molecular flexibility index (Phi) is 4.77. The molecule has 2 aromatic rings. The van der Waals surface area contributed by atoms with E-state index in [1.54, 1.807) is 0 Å². The normalized spacial score (nSPS) is 10.5. The van der Waals surface area contributed by atoms with Crippen LogP contribution in [-0.4, -0.2) is 16.5 Å². The van der Waals surface area contributed by atoms with Crippen LogP contribution in [0.15, 0.2) is 28.7 Å². The minimum Gasteiger partial charge on any atom is -0.370 e. The van der Waals surface area contributed by atoms with Crippen LogP contribution in [0.2, 0.25) is 5.02 Å². The van der Waals surface area contributed by atoms with E-state index in [9.17, 15) is 0 Å². The van der Waals surface area contributed by atoms with Gasteiger partial charge in [0.05, 0.1) is 5.02 Å². The molecule has 100 valence electrons. The number of aromatic nitrogens is 2. The van der Waals surface area contributed by atoms with Crippen molar-refractivity contribution in [2.24, 2.45) is 0 Å². The van der Waals surface area contributed by atoms with Crippen molar-refractivity contribution in [3.63, 3.8) is 0 Å². The number of nitrogens with one attached hydrogen (secondary N) is 1. The lowest BCUT2D eigenvalue weighted by molar-refractivity contribution is 0.962. The monoisotopic (exact) mass is 339 g/mol. The van der Waals surface area contributed by atoms with Gasteiger partial charge in [0.2, 0.25) is 0 Å². The van der Waals surface area contributed by atoms with Crippen LogP contribution in [0, 0.1) is 6.92 Å². The molecule has 19 heavy (non-hydrogen) atoms. The van der Waals surface area contributed by atoms with Crippen LogP contribution in [-0.2, 0) is 0 Å². The van der Waals surface area contributed by atoms with E-state index < -0.39 is 0 Å². The zero-order valence-electron chi connectivity index (χ0n) is 10.9. The molecule has 1 aromatic carbocycles. The number of aryl methyl sites for hydroxylation is 1. The van der Waals surface area contributed by atoms with Crippen molar-refractivity contribution >= 4 is 33.3 Å². The number of nitrogens with zero attached hydrogens (tertiary/aromatic N) is 2. The maximum absolute atomic E-state index is 6.11. The van der Waals surface area contributed by atoms with Crippen LogP contribution in [0.1, 0.15) is 19.0 Å². The van der Waals surface area contributed by atoms with Crippen molar-refractivity contribution in [3.05, 3.63) is 39.5 Å². The maximum Gasteiger partial charge on any atom is 0.161 e. The average molecular weight is 341 g/mol. The molecule has 0 bridgehead atoms. The molecule has 3 nitrogen and oxygen atoms in total. The van der Waals surface area contributed by atoms with Crippen LogP contribution in [0.5, 0.6) is 0 Å². The molecule has 0 spiro atoms. The Morgan fingerprint density at radius 1 is 1.26 bits per heavy atom. The summed E-state index contributed by atoms with van der Waals surface area (Å²) in [5.41, 5.74) is 1.85. The van der Waals surface area contributed by atoms with E-state index in [4.69, 9.17) is 11.6 Å². The molecule has 0 amide bonds. The van der Waals surface area contributed by atoms with Gasteiger partial charge in [-0.3, -0.25) is 0 Å². The molecule has 0 atom stereocenters. The first-order valence-corrected chi connectivity index (χ1v) is 7.32. The van der Waals surface area contributed by atoms with E-state index in [0.717, 1.165) is 34.5 Å². The zero-order chi connectivity index (χ0) is 13.8. The van der Waals surface area contributed by atoms with Crippen LogP contribution in [0.25, 0.3) is 11.4 Å². The summed E-state index contributed by atoms with van der Waals surface area (Å²) in [6, 6.07) is 7.67. The van der Waals surface area contributed by atoms with E-state index in [0.29, 0.717) is 10.8 Å². The summed E-state index contributed by atoms with van der Waals surface area (Å²) >= 11 is 9.49. The average Bonchev–Trinajstić information content (AvgIpc) is 2.39. The first-order chi connectivity index (χ1) is 9.10. The van der Waals surface area contributed by atoms with Gasteiger partial charge >= 0.3 is 0 Å². The van der Waals surface area contributed by atoms with Gasteiger partial charge in [0.15, 0.2) is 5.82 Å². The molecule has 0 aliphatic rings. The maximum atomic E-state index is 6.11. The van der Waals surface area contributed by atoms with Crippen LogP contribution >= 0.6 is 27.5 Å². The van der Waals surface area contributed by atoms with Gasteiger partial charge in [-0.05, 0) is 47.5 Å². The van der Waals surface area contributed by atoms with Crippen molar-refractivity contribution < 1.29 is 0 Å². The summed E-state index contributed by atoms with van der Waals surface area (Å²) in [6.07, 6.45) is 1.06. The van der Waals surface area contributed by atoms with Gasteiger partial charge in [0, 0.05) is 28.3 Å². The van der Waals surface area contributed by atoms with Crippen LogP contribution in [0.3, 0.4) is 0 Å². The Morgan fingerprint density at radius 2 is 2.05 bits per heavy atom. The fourth-order valence-electron chi connectivity index (χ4n) is 1.68. The number of rotatable bonds is 4. The fraction of sp³-hybridized carbons (Fsp3) is 0.286. The Hall–Kier alpha value is -1.13. The number of hydrogen-bond acceptors (Lipinski definition) is 3. The number of hydrogen-bond donors (Lipinski definition) is 1. The van der Waals surface area contributed by atoms with E-state index in [1.807, 2.05) is 31.2 Å². The lowest BCUT2D eigenvalue weighted by atomic mass is 10.2. The van der Waals surface area contributed by atoms with Crippen molar-refractivity contribution in [2.75, 3.05) is 11.9 Å². The number of anilines is 1. The molecular weight excluding hydrogens is 326 g/mol. The van der Waals surface area contributed by atoms with Gasteiger partial charge in [0.1, 0.15) is 5.82 Å². The molecule has 0 fully saturated rings. The highest BCUT2D eigenvalue weighted by Gasteiger charge is 2.07. The van der Waals surface area contributed by atoms with Crippen molar-refractivity contribution in [3.8, 4) is 11.4 Å². The summed E-state index contributed by atoms with van der Waals surface area (Å²) in [5.74, 6) is 1.54. The quantitative estimate of drug-likeness (QED) is 0.877. The Bertz CT molecular complexity index is 587. The third kappa shape index (κ3) is 3.67. The van der Waals surface area contributed by atoms with Crippen LogP contribution in [0.4, 0.5) is 5.82 Å².